The first-order chi connectivity index (χ1) is 15.7. The Morgan fingerprint density at radius 1 is 1.29 bits per heavy atom. The number of aliphatic hydroxyl groups is 1. The van der Waals surface area contributed by atoms with Crippen molar-refractivity contribution in [2.24, 2.45) is 7.05 Å². The van der Waals surface area contributed by atoms with Gasteiger partial charge in [0.05, 0.1) is 25.4 Å². The van der Waals surface area contributed by atoms with Crippen molar-refractivity contribution in [2.75, 3.05) is 13.2 Å². The molecular formula is C22H34FN3O6SSi. The van der Waals surface area contributed by atoms with Crippen molar-refractivity contribution in [3.63, 3.8) is 0 Å². The minimum Gasteiger partial charge on any atom is -0.461 e. The maximum absolute atomic E-state index is 15.0. The summed E-state index contributed by atoms with van der Waals surface area (Å²) in [5.74, 6) is -2.20. The fourth-order valence-electron chi connectivity index (χ4n) is 3.08. The van der Waals surface area contributed by atoms with Crippen molar-refractivity contribution in [3.05, 3.63) is 47.8 Å². The van der Waals surface area contributed by atoms with Crippen LogP contribution >= 0.6 is 0 Å². The van der Waals surface area contributed by atoms with Crippen LogP contribution in [0.4, 0.5) is 4.39 Å². The van der Waals surface area contributed by atoms with E-state index in [4.69, 9.17) is 9.16 Å². The lowest BCUT2D eigenvalue weighted by Gasteiger charge is -2.41. The number of carbonyl (C=O) groups excluding carboxylic acids is 1. The topological polar surface area (TPSA) is 120 Å². The number of esters is 1. The van der Waals surface area contributed by atoms with Gasteiger partial charge in [0.15, 0.2) is 19.8 Å². The Hall–Kier alpha value is -2.12. The van der Waals surface area contributed by atoms with Gasteiger partial charge in [0.2, 0.25) is 10.0 Å². The number of hydrogen-bond acceptors (Lipinski definition) is 7. The quantitative estimate of drug-likeness (QED) is 0.368. The lowest BCUT2D eigenvalue weighted by molar-refractivity contribution is 0.0509. The number of hydrogen-bond donors (Lipinski definition) is 2. The van der Waals surface area contributed by atoms with Gasteiger partial charge in [-0.15, -0.1) is 0 Å². The number of nitrogens with one attached hydrogen (secondary N) is 1. The smallest absolute Gasteiger partial charge is 0.358 e. The van der Waals surface area contributed by atoms with Crippen LogP contribution in [0.5, 0.6) is 0 Å². The number of nitrogens with zero attached hydrogens (tertiary/aromatic N) is 2. The van der Waals surface area contributed by atoms with Gasteiger partial charge < -0.3 is 18.8 Å². The molecule has 2 rings (SSSR count). The van der Waals surface area contributed by atoms with Gasteiger partial charge in [-0.3, -0.25) is 4.98 Å². The molecule has 34 heavy (non-hydrogen) atoms. The number of rotatable bonds is 10. The van der Waals surface area contributed by atoms with Crippen molar-refractivity contribution in [1.29, 1.82) is 0 Å². The minimum atomic E-state index is -4.49. The van der Waals surface area contributed by atoms with Gasteiger partial charge in [0.25, 0.3) is 0 Å². The summed E-state index contributed by atoms with van der Waals surface area (Å²) in [6.45, 7) is 11.1. The highest BCUT2D eigenvalue weighted by Gasteiger charge is 2.42. The summed E-state index contributed by atoms with van der Waals surface area (Å²) >= 11 is 0. The van der Waals surface area contributed by atoms with E-state index in [1.807, 2.05) is 33.9 Å². The van der Waals surface area contributed by atoms with Gasteiger partial charge in [-0.1, -0.05) is 20.8 Å². The van der Waals surface area contributed by atoms with Crippen LogP contribution in [-0.2, 0) is 26.2 Å². The summed E-state index contributed by atoms with van der Waals surface area (Å²) in [5.41, 5.74) is 0.105. The first-order valence-corrected chi connectivity index (χ1v) is 15.3. The Balaban J connectivity index is 2.48. The molecule has 0 amide bonds. The van der Waals surface area contributed by atoms with Crippen molar-refractivity contribution >= 4 is 24.3 Å². The summed E-state index contributed by atoms with van der Waals surface area (Å²) in [6.07, 6.45) is 3.22. The number of carbonyl (C=O) groups is 1. The maximum Gasteiger partial charge on any atom is 0.358 e. The first kappa shape index (κ1) is 28.1. The molecule has 0 fully saturated rings. The Morgan fingerprint density at radius 3 is 2.38 bits per heavy atom. The molecule has 0 radical (unpaired) electrons. The van der Waals surface area contributed by atoms with Gasteiger partial charge in [0, 0.05) is 25.6 Å². The zero-order valence-electron chi connectivity index (χ0n) is 20.6. The molecule has 0 saturated heterocycles. The summed E-state index contributed by atoms with van der Waals surface area (Å²) in [7, 11) is -5.57. The van der Waals surface area contributed by atoms with Crippen molar-refractivity contribution < 1.29 is 31.9 Å². The largest absolute Gasteiger partial charge is 0.461 e. The van der Waals surface area contributed by atoms with Crippen LogP contribution < -0.4 is 4.72 Å². The molecule has 2 heterocycles. The molecule has 0 spiro atoms. The van der Waals surface area contributed by atoms with Crippen LogP contribution in [0.15, 0.2) is 35.6 Å². The van der Waals surface area contributed by atoms with E-state index in [0.717, 1.165) is 10.8 Å². The molecule has 2 unspecified atom stereocenters. The van der Waals surface area contributed by atoms with Crippen LogP contribution in [0.2, 0.25) is 18.1 Å². The third-order valence-electron chi connectivity index (χ3n) is 5.98. The molecule has 12 heteroatoms. The van der Waals surface area contributed by atoms with E-state index < -0.39 is 59.5 Å². The second-order valence-corrected chi connectivity index (χ2v) is 15.9. The Kier molecular flexibility index (Phi) is 8.81. The normalized spacial score (nSPS) is 14.6. The number of aryl methyl sites for hydroxylation is 1. The number of aliphatic hydroxyl groups excluding tert-OH is 1. The first-order valence-electron chi connectivity index (χ1n) is 10.9. The van der Waals surface area contributed by atoms with E-state index in [9.17, 15) is 18.3 Å². The molecule has 2 aromatic rings. The molecule has 0 aliphatic heterocycles. The van der Waals surface area contributed by atoms with Crippen LogP contribution in [0.1, 0.15) is 49.9 Å². The van der Waals surface area contributed by atoms with Gasteiger partial charge in [0.1, 0.15) is 4.90 Å². The van der Waals surface area contributed by atoms with E-state index in [2.05, 4.69) is 9.71 Å². The molecule has 2 atom stereocenters. The Morgan fingerprint density at radius 2 is 1.88 bits per heavy atom. The third-order valence-corrected chi connectivity index (χ3v) is 11.9. The number of halogens is 1. The van der Waals surface area contributed by atoms with Crippen LogP contribution in [0.25, 0.3) is 0 Å². The lowest BCUT2D eigenvalue weighted by atomic mass is 10.1. The standard InChI is InChI=1S/C22H34FN3O6SSi/c1-8-31-21(28)19-18(23)17(13-26(19)5)33(29,30)25-16(14-27)20(15-9-11-24-12-10-15)32-34(6,7)22(2,3)4/h9-13,16,20,25,27H,8,14H2,1-7H3. The predicted octanol–water partition coefficient (Wildman–Crippen LogP) is 3.14. The van der Waals surface area contributed by atoms with E-state index in [1.54, 1.807) is 31.5 Å². The van der Waals surface area contributed by atoms with Gasteiger partial charge in [-0.2, -0.15) is 0 Å². The number of sulfonamides is 1. The average Bonchev–Trinajstić information content (AvgIpc) is 3.05. The molecule has 0 saturated carbocycles. The van der Waals surface area contributed by atoms with Gasteiger partial charge >= 0.3 is 5.97 Å². The van der Waals surface area contributed by atoms with Crippen LogP contribution in [0.3, 0.4) is 0 Å². The summed E-state index contributed by atoms with van der Waals surface area (Å²) < 4.78 is 56.2. The van der Waals surface area contributed by atoms with E-state index in [1.165, 1.54) is 7.05 Å². The monoisotopic (exact) mass is 515 g/mol. The number of aromatic nitrogens is 2. The van der Waals surface area contributed by atoms with Crippen LogP contribution in [-0.4, -0.2) is 56.6 Å². The van der Waals surface area contributed by atoms with Crippen LogP contribution in [0, 0.1) is 5.82 Å². The Bertz CT molecular complexity index is 1100. The third kappa shape index (κ3) is 6.11. The SMILES string of the molecule is CCOC(=O)c1c(F)c(S(=O)(=O)NC(CO)C(O[Si](C)(C)C(C)(C)C)c2ccncc2)cn1C. The fourth-order valence-corrected chi connectivity index (χ4v) is 5.72. The summed E-state index contributed by atoms with van der Waals surface area (Å²) in [6, 6.07) is 2.22. The van der Waals surface area contributed by atoms with Crippen molar-refractivity contribution in [2.45, 2.75) is 62.9 Å². The number of pyridine rings is 1. The summed E-state index contributed by atoms with van der Waals surface area (Å²) in [4.78, 5) is 15.4. The molecule has 2 N–H and O–H groups in total. The van der Waals surface area contributed by atoms with Crippen molar-refractivity contribution in [3.8, 4) is 0 Å². The summed E-state index contributed by atoms with van der Waals surface area (Å²) in [5, 5.41) is 9.98. The molecule has 9 nitrogen and oxygen atoms in total. The molecule has 2 aromatic heterocycles. The van der Waals surface area contributed by atoms with E-state index in [-0.39, 0.29) is 11.6 Å². The molecule has 0 aliphatic rings. The highest BCUT2D eigenvalue weighted by atomic mass is 32.2. The lowest BCUT2D eigenvalue weighted by Crippen LogP contribution is -2.49. The molecule has 0 bridgehead atoms. The second kappa shape index (κ2) is 10.6. The predicted molar refractivity (Wildman–Crippen MR) is 128 cm³/mol. The Labute approximate surface area is 201 Å². The van der Waals surface area contributed by atoms with E-state index in [0.29, 0.717) is 5.56 Å². The fraction of sp³-hybridized carbons (Fsp3) is 0.545. The zero-order valence-corrected chi connectivity index (χ0v) is 22.4. The highest BCUT2D eigenvalue weighted by molar-refractivity contribution is 7.89. The second-order valence-electron chi connectivity index (χ2n) is 9.48. The van der Waals surface area contributed by atoms with Gasteiger partial charge in [-0.05, 0) is 42.8 Å². The molecule has 0 aliphatic carbocycles. The highest BCUT2D eigenvalue weighted by Crippen LogP contribution is 2.40. The molecule has 0 aromatic carbocycles. The molecule has 190 valence electrons. The maximum atomic E-state index is 15.0. The van der Waals surface area contributed by atoms with Gasteiger partial charge in [-0.25, -0.2) is 22.3 Å². The zero-order chi connectivity index (χ0) is 25.9. The minimum absolute atomic E-state index is 0.00871. The number of ether oxygens (including phenoxy) is 1. The van der Waals surface area contributed by atoms with Crippen molar-refractivity contribution in [1.82, 2.24) is 14.3 Å². The molecular weight excluding hydrogens is 481 g/mol. The van der Waals surface area contributed by atoms with E-state index >= 15 is 4.39 Å². The average molecular weight is 516 g/mol.